The second-order valence-electron chi connectivity index (χ2n) is 5.20. The molecule has 3 rings (SSSR count). The van der Waals surface area contributed by atoms with Crippen LogP contribution < -0.4 is 5.32 Å². The largest absolute Gasteiger partial charge is 0.316 e. The molecule has 2 saturated heterocycles. The minimum Gasteiger partial charge on any atom is -0.316 e. The predicted molar refractivity (Wildman–Crippen MR) is 72.7 cm³/mol. The lowest BCUT2D eigenvalue weighted by molar-refractivity contribution is 0.441. The normalized spacial score (nSPS) is 26.9. The molecular weight excluding hydrogens is 354 g/mol. The molecule has 1 aromatic carbocycles. The van der Waals surface area contributed by atoms with Crippen LogP contribution in [0.25, 0.3) is 0 Å². The summed E-state index contributed by atoms with van der Waals surface area (Å²) in [5, 5.41) is 3.20. The fraction of sp³-hybridized carbons (Fsp3) is 0.500. The monoisotopic (exact) mass is 366 g/mol. The van der Waals surface area contributed by atoms with Gasteiger partial charge in [0.05, 0.1) is 4.47 Å². The fourth-order valence-electron chi connectivity index (χ4n) is 2.85. The second-order valence-corrected chi connectivity index (χ2v) is 7.96. The number of nitrogens with zero attached hydrogens (tertiary/aromatic N) is 1. The van der Waals surface area contributed by atoms with Crippen molar-refractivity contribution in [3.8, 4) is 0 Å². The minimum absolute atomic E-state index is 0.0866. The molecule has 0 saturated carbocycles. The number of hydrogen-bond acceptors (Lipinski definition) is 3. The lowest BCUT2D eigenvalue weighted by atomic mass is 10.0. The van der Waals surface area contributed by atoms with Crippen LogP contribution in [0.15, 0.2) is 21.5 Å². The van der Waals surface area contributed by atoms with Gasteiger partial charge in [-0.25, -0.2) is 17.2 Å². The molecule has 110 valence electrons. The van der Waals surface area contributed by atoms with E-state index in [0.29, 0.717) is 13.1 Å². The third kappa shape index (κ3) is 2.28. The zero-order valence-corrected chi connectivity index (χ0v) is 12.8. The Hall–Kier alpha value is -0.570. The van der Waals surface area contributed by atoms with Crippen molar-refractivity contribution < 1.29 is 17.2 Å². The van der Waals surface area contributed by atoms with E-state index in [-0.39, 0.29) is 16.3 Å². The van der Waals surface area contributed by atoms with Crippen molar-refractivity contribution in [1.82, 2.24) is 9.62 Å². The molecule has 0 radical (unpaired) electrons. The molecule has 2 fully saturated rings. The highest BCUT2D eigenvalue weighted by atomic mass is 79.9. The van der Waals surface area contributed by atoms with Crippen molar-refractivity contribution in [1.29, 1.82) is 0 Å². The Morgan fingerprint density at radius 3 is 2.35 bits per heavy atom. The summed E-state index contributed by atoms with van der Waals surface area (Å²) in [5.41, 5.74) is 0. The van der Waals surface area contributed by atoms with E-state index in [0.717, 1.165) is 25.2 Å². The highest BCUT2D eigenvalue weighted by Crippen LogP contribution is 2.32. The van der Waals surface area contributed by atoms with E-state index in [2.05, 4.69) is 21.2 Å². The first-order valence-electron chi connectivity index (χ1n) is 6.25. The maximum atomic E-state index is 13.9. The molecule has 0 bridgehead atoms. The molecule has 0 spiro atoms. The van der Waals surface area contributed by atoms with Crippen LogP contribution in [0, 0.1) is 23.5 Å². The molecule has 2 aliphatic rings. The summed E-state index contributed by atoms with van der Waals surface area (Å²) in [6.07, 6.45) is 0. The van der Waals surface area contributed by atoms with Crippen LogP contribution in [0.2, 0.25) is 0 Å². The van der Waals surface area contributed by atoms with Gasteiger partial charge in [0, 0.05) is 13.1 Å². The third-order valence-electron chi connectivity index (χ3n) is 3.95. The lowest BCUT2D eigenvalue weighted by Gasteiger charge is -2.18. The Labute approximate surface area is 124 Å². The van der Waals surface area contributed by atoms with E-state index in [1.807, 2.05) is 0 Å². The van der Waals surface area contributed by atoms with Gasteiger partial charge in [0.25, 0.3) is 0 Å². The van der Waals surface area contributed by atoms with Crippen molar-refractivity contribution in [2.24, 2.45) is 11.8 Å². The van der Waals surface area contributed by atoms with Crippen LogP contribution >= 0.6 is 15.9 Å². The van der Waals surface area contributed by atoms with Gasteiger partial charge in [-0.05, 0) is 53.0 Å². The molecule has 1 aromatic rings. The zero-order chi connectivity index (χ0) is 14.5. The second kappa shape index (κ2) is 5.01. The lowest BCUT2D eigenvalue weighted by Crippen LogP contribution is -2.32. The van der Waals surface area contributed by atoms with E-state index in [4.69, 9.17) is 0 Å². The van der Waals surface area contributed by atoms with E-state index in [1.54, 1.807) is 0 Å². The zero-order valence-electron chi connectivity index (χ0n) is 10.4. The van der Waals surface area contributed by atoms with Gasteiger partial charge >= 0.3 is 0 Å². The van der Waals surface area contributed by atoms with E-state index < -0.39 is 26.6 Å². The number of hydrogen-bond donors (Lipinski definition) is 1. The number of sulfonamides is 1. The Kier molecular flexibility index (Phi) is 3.60. The summed E-state index contributed by atoms with van der Waals surface area (Å²) in [6, 6.07) is 1.59. The van der Waals surface area contributed by atoms with Gasteiger partial charge in [-0.1, -0.05) is 0 Å². The minimum atomic E-state index is -3.98. The van der Waals surface area contributed by atoms with E-state index >= 15 is 0 Å². The van der Waals surface area contributed by atoms with Crippen LogP contribution in [0.1, 0.15) is 0 Å². The SMILES string of the molecule is O=S(=O)(c1cc(F)c(Br)cc1F)N1C[C@H]2CNC[C@H]2C1. The van der Waals surface area contributed by atoms with Crippen molar-refractivity contribution in [2.75, 3.05) is 26.2 Å². The Balaban J connectivity index is 1.95. The van der Waals surface area contributed by atoms with Crippen molar-refractivity contribution >= 4 is 26.0 Å². The molecular formula is C12H13BrF2N2O2S. The molecule has 0 aliphatic carbocycles. The molecule has 8 heteroatoms. The van der Waals surface area contributed by atoms with E-state index in [1.165, 1.54) is 4.31 Å². The first-order chi connectivity index (χ1) is 9.39. The maximum absolute atomic E-state index is 13.9. The number of fused-ring (bicyclic) bond motifs is 1. The molecule has 1 N–H and O–H groups in total. The molecule has 0 amide bonds. The molecule has 2 aliphatic heterocycles. The summed E-state index contributed by atoms with van der Waals surface area (Å²) in [4.78, 5) is -0.592. The third-order valence-corrected chi connectivity index (χ3v) is 6.40. The van der Waals surface area contributed by atoms with Crippen LogP contribution in [0.5, 0.6) is 0 Å². The molecule has 0 unspecified atom stereocenters. The Morgan fingerprint density at radius 1 is 1.15 bits per heavy atom. The quantitative estimate of drug-likeness (QED) is 0.808. The smallest absolute Gasteiger partial charge is 0.246 e. The molecule has 0 aromatic heterocycles. The van der Waals surface area contributed by atoms with Crippen molar-refractivity contribution in [3.63, 3.8) is 0 Å². The standard InChI is InChI=1S/C12H13BrF2N2O2S/c13-9-1-11(15)12(2-10(9)14)20(18,19)17-5-7-3-16-4-8(7)6-17/h1-2,7-8,16H,3-6H2/t7-,8+. The maximum Gasteiger partial charge on any atom is 0.246 e. The average Bonchev–Trinajstić information content (AvgIpc) is 2.94. The van der Waals surface area contributed by atoms with Crippen LogP contribution in [0.4, 0.5) is 8.78 Å². The van der Waals surface area contributed by atoms with Crippen LogP contribution in [0.3, 0.4) is 0 Å². The highest BCUT2D eigenvalue weighted by molar-refractivity contribution is 9.10. The van der Waals surface area contributed by atoms with Gasteiger partial charge < -0.3 is 5.32 Å². The topological polar surface area (TPSA) is 49.4 Å². The summed E-state index contributed by atoms with van der Waals surface area (Å²) >= 11 is 2.84. The van der Waals surface area contributed by atoms with Gasteiger partial charge in [-0.3, -0.25) is 0 Å². The average molecular weight is 367 g/mol. The predicted octanol–water partition coefficient (Wildman–Crippen LogP) is 1.57. The van der Waals surface area contributed by atoms with Gasteiger partial charge in [0.15, 0.2) is 0 Å². The first kappa shape index (κ1) is 14.4. The van der Waals surface area contributed by atoms with E-state index in [9.17, 15) is 17.2 Å². The fourth-order valence-corrected chi connectivity index (χ4v) is 4.78. The summed E-state index contributed by atoms with van der Waals surface area (Å²) in [7, 11) is -3.98. The number of rotatable bonds is 2. The van der Waals surface area contributed by atoms with Gasteiger partial charge in [0.2, 0.25) is 10.0 Å². The molecule has 4 nitrogen and oxygen atoms in total. The number of halogens is 3. The number of benzene rings is 1. The molecule has 20 heavy (non-hydrogen) atoms. The summed E-state index contributed by atoms with van der Waals surface area (Å²) in [5.74, 6) is -1.21. The Morgan fingerprint density at radius 2 is 1.75 bits per heavy atom. The van der Waals surface area contributed by atoms with Gasteiger partial charge in [-0.15, -0.1) is 0 Å². The molecule has 2 atom stereocenters. The van der Waals surface area contributed by atoms with Crippen molar-refractivity contribution in [3.05, 3.63) is 28.2 Å². The van der Waals surface area contributed by atoms with Gasteiger partial charge in [-0.2, -0.15) is 4.31 Å². The Bertz CT molecular complexity index is 641. The summed E-state index contributed by atoms with van der Waals surface area (Å²) < 4.78 is 53.4. The first-order valence-corrected chi connectivity index (χ1v) is 8.48. The van der Waals surface area contributed by atoms with Crippen LogP contribution in [-0.4, -0.2) is 38.9 Å². The molecule has 2 heterocycles. The van der Waals surface area contributed by atoms with Crippen molar-refractivity contribution in [2.45, 2.75) is 4.90 Å². The van der Waals surface area contributed by atoms with Gasteiger partial charge in [0.1, 0.15) is 16.5 Å². The van der Waals surface area contributed by atoms with Crippen LogP contribution in [-0.2, 0) is 10.0 Å². The highest BCUT2D eigenvalue weighted by Gasteiger charge is 2.42. The summed E-state index contributed by atoms with van der Waals surface area (Å²) in [6.45, 7) is 2.26. The number of nitrogens with one attached hydrogen (secondary N) is 1.